The molecule has 0 aliphatic carbocycles. The van der Waals surface area contributed by atoms with Crippen molar-refractivity contribution in [2.24, 2.45) is 0 Å². The average Bonchev–Trinajstić information content (AvgIpc) is 2.55. The molecule has 0 radical (unpaired) electrons. The maximum Gasteiger partial charge on any atom is 0.404 e. The predicted molar refractivity (Wildman–Crippen MR) is 44.3 cm³/mol. The first-order valence-corrected chi connectivity index (χ1v) is 3.87. The van der Waals surface area contributed by atoms with Gasteiger partial charge in [-0.3, -0.25) is 0 Å². The quantitative estimate of drug-likeness (QED) is 0.652. The van der Waals surface area contributed by atoms with E-state index in [4.69, 9.17) is 9.52 Å². The lowest BCUT2D eigenvalue weighted by molar-refractivity contribution is 0.161. The molecule has 5 nitrogen and oxygen atoms in total. The SMILES string of the molecule is O=C(O)NCC[C@@H](O)c1ccoc1. The van der Waals surface area contributed by atoms with Gasteiger partial charge in [0.25, 0.3) is 0 Å². The first kappa shape index (κ1) is 9.60. The second-order valence-electron chi connectivity index (χ2n) is 2.59. The predicted octanol–water partition coefficient (Wildman–Crippen LogP) is 0.971. The van der Waals surface area contributed by atoms with Crippen molar-refractivity contribution < 1.29 is 19.4 Å². The first-order chi connectivity index (χ1) is 6.20. The Hall–Kier alpha value is -1.49. The highest BCUT2D eigenvalue weighted by Gasteiger charge is 2.08. The number of aliphatic hydroxyl groups excluding tert-OH is 1. The summed E-state index contributed by atoms with van der Waals surface area (Å²) < 4.78 is 4.77. The third-order valence-corrected chi connectivity index (χ3v) is 1.62. The molecular formula is C8H11NO4. The molecule has 1 amide bonds. The van der Waals surface area contributed by atoms with Gasteiger partial charge in [0.05, 0.1) is 18.6 Å². The van der Waals surface area contributed by atoms with Crippen molar-refractivity contribution in [2.75, 3.05) is 6.54 Å². The lowest BCUT2D eigenvalue weighted by Crippen LogP contribution is -2.23. The second-order valence-corrected chi connectivity index (χ2v) is 2.59. The Morgan fingerprint density at radius 2 is 2.46 bits per heavy atom. The number of aliphatic hydroxyl groups is 1. The fraction of sp³-hybridized carbons (Fsp3) is 0.375. The van der Waals surface area contributed by atoms with Gasteiger partial charge in [-0.1, -0.05) is 0 Å². The Balaban J connectivity index is 2.26. The summed E-state index contributed by atoms with van der Waals surface area (Å²) in [4.78, 5) is 10.1. The normalized spacial score (nSPS) is 12.4. The van der Waals surface area contributed by atoms with E-state index in [1.54, 1.807) is 6.07 Å². The van der Waals surface area contributed by atoms with Crippen LogP contribution in [0.4, 0.5) is 4.79 Å². The van der Waals surface area contributed by atoms with Crippen LogP contribution in [0.1, 0.15) is 18.1 Å². The van der Waals surface area contributed by atoms with E-state index in [2.05, 4.69) is 5.32 Å². The van der Waals surface area contributed by atoms with Crippen molar-refractivity contribution in [3.05, 3.63) is 24.2 Å². The highest BCUT2D eigenvalue weighted by Crippen LogP contribution is 2.15. The van der Waals surface area contributed by atoms with Gasteiger partial charge in [0, 0.05) is 12.1 Å². The third-order valence-electron chi connectivity index (χ3n) is 1.62. The molecule has 1 heterocycles. The molecule has 13 heavy (non-hydrogen) atoms. The summed E-state index contributed by atoms with van der Waals surface area (Å²) in [6.07, 6.45) is 1.48. The van der Waals surface area contributed by atoms with Crippen LogP contribution in [-0.2, 0) is 0 Å². The van der Waals surface area contributed by atoms with Crippen molar-refractivity contribution in [3.63, 3.8) is 0 Å². The van der Waals surface area contributed by atoms with Crippen LogP contribution in [-0.4, -0.2) is 22.9 Å². The van der Waals surface area contributed by atoms with E-state index in [0.29, 0.717) is 12.0 Å². The Labute approximate surface area is 75.0 Å². The van der Waals surface area contributed by atoms with Gasteiger partial charge >= 0.3 is 6.09 Å². The molecule has 0 unspecified atom stereocenters. The van der Waals surface area contributed by atoms with Gasteiger partial charge in [-0.25, -0.2) is 4.79 Å². The minimum atomic E-state index is -1.08. The fourth-order valence-electron chi connectivity index (χ4n) is 0.947. The molecule has 0 aliphatic rings. The number of hydrogen-bond acceptors (Lipinski definition) is 3. The van der Waals surface area contributed by atoms with Crippen LogP contribution in [0.5, 0.6) is 0 Å². The number of furan rings is 1. The maximum absolute atomic E-state index is 10.1. The van der Waals surface area contributed by atoms with E-state index in [-0.39, 0.29) is 6.54 Å². The van der Waals surface area contributed by atoms with E-state index in [1.165, 1.54) is 12.5 Å². The number of amides is 1. The summed E-state index contributed by atoms with van der Waals surface area (Å²) in [6.45, 7) is 0.224. The Bertz CT molecular complexity index is 257. The lowest BCUT2D eigenvalue weighted by atomic mass is 10.1. The number of nitrogens with one attached hydrogen (secondary N) is 1. The summed E-state index contributed by atoms with van der Waals surface area (Å²) in [5.41, 5.74) is 0.659. The second kappa shape index (κ2) is 4.51. The average molecular weight is 185 g/mol. The number of carboxylic acid groups (broad SMARTS) is 1. The Kier molecular flexibility index (Phi) is 3.33. The third kappa shape index (κ3) is 3.16. The van der Waals surface area contributed by atoms with Gasteiger partial charge in [0.2, 0.25) is 0 Å². The molecule has 1 rings (SSSR count). The van der Waals surface area contributed by atoms with Crippen molar-refractivity contribution >= 4 is 6.09 Å². The standard InChI is InChI=1S/C8H11NO4/c10-7(1-3-9-8(11)12)6-2-4-13-5-6/h2,4-5,7,9-10H,1,3H2,(H,11,12)/t7-/m1/s1. The van der Waals surface area contributed by atoms with Crippen LogP contribution in [0.2, 0.25) is 0 Å². The monoisotopic (exact) mass is 185 g/mol. The molecule has 0 aromatic carbocycles. The zero-order valence-electron chi connectivity index (χ0n) is 6.93. The zero-order valence-corrected chi connectivity index (χ0v) is 6.93. The molecule has 1 aromatic heterocycles. The summed E-state index contributed by atoms with van der Waals surface area (Å²) in [6, 6.07) is 1.64. The molecule has 72 valence electrons. The summed E-state index contributed by atoms with van der Waals surface area (Å²) in [5, 5.41) is 19.8. The van der Waals surface area contributed by atoms with Gasteiger partial charge in [-0.2, -0.15) is 0 Å². The molecule has 0 saturated carbocycles. The zero-order chi connectivity index (χ0) is 9.68. The van der Waals surface area contributed by atoms with Gasteiger partial charge in [-0.05, 0) is 12.5 Å². The molecule has 0 spiro atoms. The smallest absolute Gasteiger partial charge is 0.404 e. The summed E-state index contributed by atoms with van der Waals surface area (Å²) in [5.74, 6) is 0. The Morgan fingerprint density at radius 1 is 1.69 bits per heavy atom. The minimum absolute atomic E-state index is 0.224. The van der Waals surface area contributed by atoms with Gasteiger partial charge in [0.15, 0.2) is 0 Å². The minimum Gasteiger partial charge on any atom is -0.472 e. The molecule has 0 aliphatic heterocycles. The fourth-order valence-corrected chi connectivity index (χ4v) is 0.947. The molecule has 5 heteroatoms. The highest BCUT2D eigenvalue weighted by molar-refractivity contribution is 5.64. The molecule has 0 bridgehead atoms. The van der Waals surface area contributed by atoms with Gasteiger partial charge in [0.1, 0.15) is 0 Å². The van der Waals surface area contributed by atoms with E-state index in [1.807, 2.05) is 0 Å². The van der Waals surface area contributed by atoms with Gasteiger partial charge < -0.3 is 19.9 Å². The van der Waals surface area contributed by atoms with Crippen molar-refractivity contribution in [3.8, 4) is 0 Å². The molecule has 1 atom stereocenters. The molecule has 3 N–H and O–H groups in total. The van der Waals surface area contributed by atoms with E-state index in [9.17, 15) is 9.90 Å². The first-order valence-electron chi connectivity index (χ1n) is 3.87. The van der Waals surface area contributed by atoms with Crippen LogP contribution in [0.15, 0.2) is 23.0 Å². The molecule has 1 aromatic rings. The molecule has 0 saturated heterocycles. The van der Waals surface area contributed by atoms with E-state index < -0.39 is 12.2 Å². The van der Waals surface area contributed by atoms with Crippen LogP contribution in [0, 0.1) is 0 Å². The van der Waals surface area contributed by atoms with Crippen molar-refractivity contribution in [1.29, 1.82) is 0 Å². The molecule has 0 fully saturated rings. The largest absolute Gasteiger partial charge is 0.472 e. The van der Waals surface area contributed by atoms with Crippen molar-refractivity contribution in [1.82, 2.24) is 5.32 Å². The van der Waals surface area contributed by atoms with E-state index in [0.717, 1.165) is 0 Å². The number of rotatable bonds is 4. The van der Waals surface area contributed by atoms with Gasteiger partial charge in [-0.15, -0.1) is 0 Å². The number of carbonyl (C=O) groups is 1. The Morgan fingerprint density at radius 3 is 3.00 bits per heavy atom. The summed E-state index contributed by atoms with van der Waals surface area (Å²) in [7, 11) is 0. The molecular weight excluding hydrogens is 174 g/mol. The van der Waals surface area contributed by atoms with Crippen LogP contribution in [0.3, 0.4) is 0 Å². The number of hydrogen-bond donors (Lipinski definition) is 3. The highest BCUT2D eigenvalue weighted by atomic mass is 16.4. The van der Waals surface area contributed by atoms with Crippen molar-refractivity contribution in [2.45, 2.75) is 12.5 Å². The van der Waals surface area contributed by atoms with Crippen LogP contribution < -0.4 is 5.32 Å². The lowest BCUT2D eigenvalue weighted by Gasteiger charge is -2.06. The summed E-state index contributed by atoms with van der Waals surface area (Å²) >= 11 is 0. The topological polar surface area (TPSA) is 82.7 Å². The van der Waals surface area contributed by atoms with E-state index >= 15 is 0 Å². The van der Waals surface area contributed by atoms with Crippen LogP contribution in [0.25, 0.3) is 0 Å². The van der Waals surface area contributed by atoms with Crippen LogP contribution >= 0.6 is 0 Å². The maximum atomic E-state index is 10.1.